The molecule has 2 amide bonds. The van der Waals surface area contributed by atoms with Gasteiger partial charge in [-0.3, -0.25) is 14.4 Å². The van der Waals surface area contributed by atoms with E-state index >= 15 is 0 Å². The molecule has 58 heavy (non-hydrogen) atoms. The molecule has 6 heterocycles. The minimum atomic E-state index is -0.648. The second-order valence-corrected chi connectivity index (χ2v) is 16.0. The summed E-state index contributed by atoms with van der Waals surface area (Å²) in [5.74, 6) is 1.09. The molecule has 5 aromatic rings. The first-order valence-electron chi connectivity index (χ1n) is 18.6. The highest BCUT2D eigenvalue weighted by Crippen LogP contribution is 2.29. The molecule has 17 nitrogen and oxygen atoms in total. The molecule has 0 unspecified atom stereocenters. The monoisotopic (exact) mass is 848 g/mol. The molecule has 0 saturated carbocycles. The number of carbonyl (C=O) groups excluding carboxylic acids is 3. The van der Waals surface area contributed by atoms with Gasteiger partial charge in [0.1, 0.15) is 21.6 Å². The topological polar surface area (TPSA) is 240 Å². The van der Waals surface area contributed by atoms with Crippen LogP contribution >= 0.6 is 35.5 Å². The Kier molecular flexibility index (Phi) is 14.9. The van der Waals surface area contributed by atoms with Crippen LogP contribution in [0.15, 0.2) is 48.8 Å². The van der Waals surface area contributed by atoms with Crippen molar-refractivity contribution in [2.75, 3.05) is 65.6 Å². The van der Waals surface area contributed by atoms with Crippen LogP contribution in [0.25, 0.3) is 0 Å². The second kappa shape index (κ2) is 19.8. The lowest BCUT2D eigenvalue weighted by Crippen LogP contribution is -2.43. The van der Waals surface area contributed by atoms with E-state index < -0.39 is 11.8 Å². The van der Waals surface area contributed by atoms with Crippen molar-refractivity contribution < 1.29 is 14.4 Å². The third kappa shape index (κ3) is 11.3. The molecule has 2 saturated heterocycles. The van der Waals surface area contributed by atoms with E-state index in [9.17, 15) is 14.4 Å². The average molecular weight is 849 g/mol. The number of hydrogen-bond acceptors (Lipinski definition) is 17. The molecule has 1 aromatic carbocycles. The van der Waals surface area contributed by atoms with E-state index in [0.29, 0.717) is 36.2 Å². The van der Waals surface area contributed by atoms with Gasteiger partial charge in [0.05, 0.1) is 23.8 Å². The van der Waals surface area contributed by atoms with Crippen LogP contribution < -0.4 is 42.5 Å². The van der Waals surface area contributed by atoms with Gasteiger partial charge in [-0.05, 0) is 92.8 Å². The zero-order valence-corrected chi connectivity index (χ0v) is 35.3. The number of Topliss-reactive ketones (excluding diaryl/α,β-unsaturated/α-hetero) is 1. The van der Waals surface area contributed by atoms with E-state index in [1.54, 1.807) is 12.4 Å². The lowest BCUT2D eigenvalue weighted by molar-refractivity contribution is 0.0953. The summed E-state index contributed by atoms with van der Waals surface area (Å²) in [7, 11) is 3.93. The largest absolute Gasteiger partial charge is 0.378 e. The summed E-state index contributed by atoms with van der Waals surface area (Å²) in [4.78, 5) is 60.3. The van der Waals surface area contributed by atoms with E-state index in [0.717, 1.165) is 78.0 Å². The van der Waals surface area contributed by atoms with Crippen molar-refractivity contribution in [3.63, 3.8) is 0 Å². The molecule has 0 aliphatic carbocycles. The van der Waals surface area contributed by atoms with E-state index in [1.807, 2.05) is 69.2 Å². The normalized spacial score (nSPS) is 16.4. The fourth-order valence-electron chi connectivity index (χ4n) is 6.67. The van der Waals surface area contributed by atoms with Crippen LogP contribution in [-0.4, -0.2) is 92.6 Å². The molecule has 0 radical (unpaired) electrons. The van der Waals surface area contributed by atoms with Crippen molar-refractivity contribution in [1.82, 2.24) is 28.7 Å². The molecular weight excluding hydrogens is 800 g/mol. The summed E-state index contributed by atoms with van der Waals surface area (Å²) in [6, 6.07) is 11.6. The number of benzene rings is 1. The van der Waals surface area contributed by atoms with Crippen LogP contribution in [0.3, 0.4) is 0 Å². The number of aromatic nitrogens is 6. The Morgan fingerprint density at radius 3 is 1.83 bits per heavy atom. The first kappa shape index (κ1) is 43.6. The number of nitrogens with zero attached hydrogens (tertiary/aromatic N) is 9. The molecule has 4 aromatic heterocycles. The summed E-state index contributed by atoms with van der Waals surface area (Å²) in [5.41, 5.74) is 20.6. The Bertz CT molecular complexity index is 2220. The summed E-state index contributed by atoms with van der Waals surface area (Å²) in [6.45, 7) is 6.90. The van der Waals surface area contributed by atoms with Crippen molar-refractivity contribution in [3.05, 3.63) is 77.1 Å². The molecule has 20 heteroatoms. The number of amides is 2. The highest BCUT2D eigenvalue weighted by Gasteiger charge is 2.26. The van der Waals surface area contributed by atoms with Crippen LogP contribution in [0.4, 0.5) is 39.0 Å². The van der Waals surface area contributed by atoms with Crippen molar-refractivity contribution in [3.8, 4) is 0 Å². The lowest BCUT2D eigenvalue weighted by atomic mass is 9.91. The Balaban J connectivity index is 0.000000233. The summed E-state index contributed by atoms with van der Waals surface area (Å²) < 4.78 is 8.44. The Morgan fingerprint density at radius 1 is 0.810 bits per heavy atom. The van der Waals surface area contributed by atoms with Crippen LogP contribution in [0, 0.1) is 19.8 Å². The van der Waals surface area contributed by atoms with Gasteiger partial charge in [-0.2, -0.15) is 8.75 Å². The number of hydrogen-bond donors (Lipinski definition) is 5. The number of carbonyl (C=O) groups is 3. The maximum atomic E-state index is 13.0. The smallest absolute Gasteiger partial charge is 0.271 e. The molecule has 7 rings (SSSR count). The predicted octanol–water partition coefficient (Wildman–Crippen LogP) is 5.07. The maximum Gasteiger partial charge on any atom is 0.271 e. The number of nitrogens with one attached hydrogen (secondary N) is 2. The van der Waals surface area contributed by atoms with Crippen LogP contribution in [0.1, 0.15) is 74.8 Å². The predicted molar refractivity (Wildman–Crippen MR) is 233 cm³/mol. The third-order valence-electron chi connectivity index (χ3n) is 9.51. The molecule has 2 fully saturated rings. The molecule has 2 atom stereocenters. The second-order valence-electron chi connectivity index (χ2n) is 14.4. The lowest BCUT2D eigenvalue weighted by Gasteiger charge is -2.33. The Morgan fingerprint density at radius 2 is 1.34 bits per heavy atom. The zero-order chi connectivity index (χ0) is 40.6. The van der Waals surface area contributed by atoms with Gasteiger partial charge in [-0.15, -0.1) is 12.4 Å². The van der Waals surface area contributed by atoms with Crippen molar-refractivity contribution >= 4 is 92.0 Å². The van der Waals surface area contributed by atoms with Gasteiger partial charge in [0.2, 0.25) is 0 Å². The standard InChI is InChI=1S/C24H29N7O2S.C14H19N7OS.ClH/c1-15-10-21(34-29-15)28-24-22(23(25)33)26-13-20(27-24)31-9-5-6-16(14-31)11-19(32)17-7-4-8-18(12-17)30(2)3;1-8-5-11(23-20-8)19-14-12(13(16)22)17-6-10(18-14)21-4-2-3-9(15)7-21;/h4,7-8,10,12-13,16H,5-6,9,11,14H2,1-3H3,(H2,25,33)(H,27,28);5-6,9H,2-4,7,15H2,1H3,(H2,16,22)(H,18,19);1H/t16-;9-;/m01./s1. The number of piperidine rings is 2. The SMILES string of the molecule is Cc1cc(Nc2nc(N3CCC[C@@H](CC(=O)c4cccc(N(C)C)c4)C3)cnc2C(N)=O)sn1.Cc1cc(Nc2nc(N3CCC[C@@H](N)C3)cnc2C(N)=O)sn1.Cl. The zero-order valence-electron chi connectivity index (χ0n) is 32.8. The quantitative estimate of drug-likeness (QED) is 0.103. The molecule has 0 bridgehead atoms. The van der Waals surface area contributed by atoms with E-state index in [-0.39, 0.29) is 41.5 Å². The molecule has 2 aliphatic heterocycles. The van der Waals surface area contributed by atoms with Gasteiger partial charge < -0.3 is 42.5 Å². The van der Waals surface area contributed by atoms with Gasteiger partial charge in [0.25, 0.3) is 11.8 Å². The summed E-state index contributed by atoms with van der Waals surface area (Å²) >= 11 is 2.57. The van der Waals surface area contributed by atoms with E-state index in [2.05, 4.69) is 49.1 Å². The van der Waals surface area contributed by atoms with Crippen molar-refractivity contribution in [2.45, 2.75) is 52.0 Å². The fraction of sp³-hybridized carbons (Fsp3) is 0.395. The van der Waals surface area contributed by atoms with E-state index in [1.165, 1.54) is 23.1 Å². The van der Waals surface area contributed by atoms with Crippen LogP contribution in [0.5, 0.6) is 0 Å². The molecule has 0 spiro atoms. The van der Waals surface area contributed by atoms with Gasteiger partial charge in [-0.1, -0.05) is 12.1 Å². The fourth-order valence-corrected chi connectivity index (χ4v) is 7.99. The summed E-state index contributed by atoms with van der Waals surface area (Å²) in [6.07, 6.45) is 7.58. The maximum absolute atomic E-state index is 13.0. The van der Waals surface area contributed by atoms with Gasteiger partial charge in [0, 0.05) is 64.0 Å². The van der Waals surface area contributed by atoms with Gasteiger partial charge >= 0.3 is 0 Å². The molecule has 8 N–H and O–H groups in total. The average Bonchev–Trinajstić information content (AvgIpc) is 3.80. The van der Waals surface area contributed by atoms with Gasteiger partial charge in [0.15, 0.2) is 28.8 Å². The highest BCUT2D eigenvalue weighted by molar-refractivity contribution is 7.10. The minimum Gasteiger partial charge on any atom is -0.378 e. The van der Waals surface area contributed by atoms with Gasteiger partial charge in [-0.25, -0.2) is 19.9 Å². The number of rotatable bonds is 12. The van der Waals surface area contributed by atoms with Crippen LogP contribution in [0.2, 0.25) is 0 Å². The number of aryl methyl sites for hydroxylation is 2. The number of ketones is 1. The number of halogens is 1. The first-order chi connectivity index (χ1) is 27.3. The van der Waals surface area contributed by atoms with Crippen molar-refractivity contribution in [1.29, 1.82) is 0 Å². The number of anilines is 7. The number of nitrogens with two attached hydrogens (primary N) is 3. The molecular formula is C38H49ClN14O3S2. The number of primary amides is 2. The van der Waals surface area contributed by atoms with E-state index in [4.69, 9.17) is 17.2 Å². The Hall–Kier alpha value is -5.50. The molecule has 2 aliphatic rings. The van der Waals surface area contributed by atoms with Crippen molar-refractivity contribution in [2.24, 2.45) is 23.1 Å². The highest BCUT2D eigenvalue weighted by atomic mass is 35.5. The summed E-state index contributed by atoms with van der Waals surface area (Å²) in [5, 5.41) is 7.76. The molecule has 308 valence electrons. The Labute approximate surface area is 351 Å². The third-order valence-corrected chi connectivity index (χ3v) is 11.1. The first-order valence-corrected chi connectivity index (χ1v) is 20.2. The minimum absolute atomic E-state index is 0. The van der Waals surface area contributed by atoms with Crippen LogP contribution in [-0.2, 0) is 0 Å².